The molecule has 2 aromatic rings. The fraction of sp³-hybridized carbons (Fsp3) is 0.235. The molecule has 0 radical (unpaired) electrons. The smallest absolute Gasteiger partial charge is 0.283 e. The summed E-state index contributed by atoms with van der Waals surface area (Å²) in [6.07, 6.45) is 0. The van der Waals surface area contributed by atoms with Crippen LogP contribution in [0.2, 0.25) is 5.02 Å². The quantitative estimate of drug-likeness (QED) is 0.440. The van der Waals surface area contributed by atoms with Gasteiger partial charge in [0.25, 0.3) is 11.6 Å². The van der Waals surface area contributed by atoms with E-state index in [1.54, 1.807) is 24.3 Å². The number of hydrogen-bond acceptors (Lipinski definition) is 5. The number of ether oxygens (including phenoxy) is 2. The average Bonchev–Trinajstić information content (AvgIpc) is 2.60. The zero-order valence-corrected chi connectivity index (χ0v) is 14.3. The van der Waals surface area contributed by atoms with E-state index in [1.165, 1.54) is 12.1 Å². The minimum Gasteiger partial charge on any atom is -0.494 e. The maximum atomic E-state index is 12.1. The highest BCUT2D eigenvalue weighted by atomic mass is 35.5. The molecule has 2 rings (SSSR count). The largest absolute Gasteiger partial charge is 0.494 e. The highest BCUT2D eigenvalue weighted by Crippen LogP contribution is 2.23. The van der Waals surface area contributed by atoms with Gasteiger partial charge in [0.2, 0.25) is 0 Å². The van der Waals surface area contributed by atoms with Gasteiger partial charge in [-0.05, 0) is 43.3 Å². The van der Waals surface area contributed by atoms with E-state index in [1.807, 2.05) is 6.92 Å². The topological polar surface area (TPSA) is 90.7 Å². The molecule has 0 fully saturated rings. The summed E-state index contributed by atoms with van der Waals surface area (Å²) >= 11 is 5.73. The number of nitrogens with zero attached hydrogens (tertiary/aromatic N) is 1. The van der Waals surface area contributed by atoms with Crippen molar-refractivity contribution < 1.29 is 19.2 Å². The van der Waals surface area contributed by atoms with E-state index in [4.69, 9.17) is 21.1 Å². The molecule has 0 atom stereocenters. The highest BCUT2D eigenvalue weighted by molar-refractivity contribution is 6.31. The zero-order valence-electron chi connectivity index (χ0n) is 13.5. The minimum absolute atomic E-state index is 0.0459. The van der Waals surface area contributed by atoms with Gasteiger partial charge in [-0.2, -0.15) is 0 Å². The molecule has 0 spiro atoms. The normalized spacial score (nSPS) is 10.2. The van der Waals surface area contributed by atoms with Gasteiger partial charge < -0.3 is 14.8 Å². The molecule has 132 valence electrons. The van der Waals surface area contributed by atoms with Crippen LogP contribution in [0.15, 0.2) is 42.5 Å². The van der Waals surface area contributed by atoms with E-state index in [-0.39, 0.29) is 29.4 Å². The SMILES string of the molecule is CCOc1ccc(OCCNC(=O)c2ccc(Cl)cc2[N+](=O)[O-])cc1. The first kappa shape index (κ1) is 18.5. The number of carbonyl (C=O) groups excluding carboxylic acids is 1. The van der Waals surface area contributed by atoms with Crippen molar-refractivity contribution in [3.05, 3.63) is 63.2 Å². The fourth-order valence-corrected chi connectivity index (χ4v) is 2.24. The molecule has 7 nitrogen and oxygen atoms in total. The van der Waals surface area contributed by atoms with Crippen LogP contribution in [0, 0.1) is 10.1 Å². The number of carbonyl (C=O) groups is 1. The minimum atomic E-state index is -0.642. The Morgan fingerprint density at radius 3 is 2.40 bits per heavy atom. The number of benzene rings is 2. The van der Waals surface area contributed by atoms with Gasteiger partial charge in [-0.3, -0.25) is 14.9 Å². The molecule has 0 aromatic heterocycles. The van der Waals surface area contributed by atoms with E-state index >= 15 is 0 Å². The van der Waals surface area contributed by atoms with Crippen molar-refractivity contribution >= 4 is 23.2 Å². The van der Waals surface area contributed by atoms with Gasteiger partial charge in [-0.1, -0.05) is 11.6 Å². The number of halogens is 1. The van der Waals surface area contributed by atoms with Crippen LogP contribution in [0.4, 0.5) is 5.69 Å². The maximum absolute atomic E-state index is 12.1. The van der Waals surface area contributed by atoms with Gasteiger partial charge in [0.05, 0.1) is 18.1 Å². The van der Waals surface area contributed by atoms with Crippen LogP contribution < -0.4 is 14.8 Å². The molecule has 0 heterocycles. The standard InChI is InChI=1S/C17H17ClN2O5/c1-2-24-13-4-6-14(7-5-13)25-10-9-19-17(21)15-8-3-12(18)11-16(15)20(22)23/h3-8,11H,2,9-10H2,1H3,(H,19,21). The summed E-state index contributed by atoms with van der Waals surface area (Å²) < 4.78 is 10.8. The predicted octanol–water partition coefficient (Wildman–Crippen LogP) is 3.46. The van der Waals surface area contributed by atoms with Crippen LogP contribution in [-0.2, 0) is 0 Å². The number of nitrogens with one attached hydrogen (secondary N) is 1. The Morgan fingerprint density at radius 1 is 1.16 bits per heavy atom. The van der Waals surface area contributed by atoms with Crippen LogP contribution in [-0.4, -0.2) is 30.6 Å². The first-order valence-electron chi connectivity index (χ1n) is 7.59. The average molecular weight is 365 g/mol. The molecule has 1 N–H and O–H groups in total. The molecule has 0 saturated heterocycles. The van der Waals surface area contributed by atoms with Crippen LogP contribution in [0.1, 0.15) is 17.3 Å². The number of nitro benzene ring substituents is 1. The van der Waals surface area contributed by atoms with Crippen molar-refractivity contribution in [1.29, 1.82) is 0 Å². The second kappa shape index (κ2) is 8.89. The van der Waals surface area contributed by atoms with Crippen molar-refractivity contribution in [2.45, 2.75) is 6.92 Å². The van der Waals surface area contributed by atoms with Crippen molar-refractivity contribution in [3.8, 4) is 11.5 Å². The summed E-state index contributed by atoms with van der Waals surface area (Å²) in [7, 11) is 0. The maximum Gasteiger partial charge on any atom is 0.283 e. The summed E-state index contributed by atoms with van der Waals surface area (Å²) in [6, 6.07) is 11.0. The van der Waals surface area contributed by atoms with Gasteiger partial charge in [0, 0.05) is 11.1 Å². The third-order valence-corrected chi connectivity index (χ3v) is 3.43. The van der Waals surface area contributed by atoms with E-state index < -0.39 is 10.8 Å². The number of hydrogen-bond donors (Lipinski definition) is 1. The Labute approximate surface area is 149 Å². The van der Waals surface area contributed by atoms with Gasteiger partial charge in [-0.15, -0.1) is 0 Å². The predicted molar refractivity (Wildman–Crippen MR) is 93.5 cm³/mol. The molecule has 0 aliphatic carbocycles. The highest BCUT2D eigenvalue weighted by Gasteiger charge is 2.20. The van der Waals surface area contributed by atoms with Crippen molar-refractivity contribution in [3.63, 3.8) is 0 Å². The molecule has 8 heteroatoms. The number of amides is 1. The van der Waals surface area contributed by atoms with Crippen LogP contribution in [0.5, 0.6) is 11.5 Å². The molecule has 25 heavy (non-hydrogen) atoms. The van der Waals surface area contributed by atoms with Crippen molar-refractivity contribution in [2.75, 3.05) is 19.8 Å². The Morgan fingerprint density at radius 2 is 1.80 bits per heavy atom. The van der Waals surface area contributed by atoms with E-state index in [2.05, 4.69) is 5.32 Å². The number of rotatable bonds is 8. The second-order valence-corrected chi connectivity index (χ2v) is 5.36. The lowest BCUT2D eigenvalue weighted by molar-refractivity contribution is -0.385. The summed E-state index contributed by atoms with van der Waals surface area (Å²) in [6.45, 7) is 2.91. The molecular weight excluding hydrogens is 348 g/mol. The first-order chi connectivity index (χ1) is 12.0. The summed E-state index contributed by atoms with van der Waals surface area (Å²) in [5.41, 5.74) is -0.382. The molecule has 2 aromatic carbocycles. The summed E-state index contributed by atoms with van der Waals surface area (Å²) in [5, 5.41) is 13.8. The lowest BCUT2D eigenvalue weighted by Gasteiger charge is -2.09. The molecule has 0 saturated carbocycles. The fourth-order valence-electron chi connectivity index (χ4n) is 2.08. The third-order valence-electron chi connectivity index (χ3n) is 3.19. The summed E-state index contributed by atoms with van der Waals surface area (Å²) in [4.78, 5) is 22.4. The molecule has 0 aliphatic heterocycles. The Balaban J connectivity index is 1.85. The van der Waals surface area contributed by atoms with Gasteiger partial charge >= 0.3 is 0 Å². The third kappa shape index (κ3) is 5.36. The van der Waals surface area contributed by atoms with E-state index in [0.717, 1.165) is 11.8 Å². The van der Waals surface area contributed by atoms with Gasteiger partial charge in [0.15, 0.2) is 0 Å². The van der Waals surface area contributed by atoms with Gasteiger partial charge in [0.1, 0.15) is 23.7 Å². The van der Waals surface area contributed by atoms with Crippen molar-refractivity contribution in [1.82, 2.24) is 5.32 Å². The molecule has 1 amide bonds. The molecular formula is C17H17ClN2O5. The zero-order chi connectivity index (χ0) is 18.2. The van der Waals surface area contributed by atoms with Crippen molar-refractivity contribution in [2.24, 2.45) is 0 Å². The second-order valence-electron chi connectivity index (χ2n) is 4.93. The monoisotopic (exact) mass is 364 g/mol. The first-order valence-corrected chi connectivity index (χ1v) is 7.97. The molecule has 0 bridgehead atoms. The van der Waals surface area contributed by atoms with Gasteiger partial charge in [-0.25, -0.2) is 0 Å². The summed E-state index contributed by atoms with van der Waals surface area (Å²) in [5.74, 6) is 0.826. The lowest BCUT2D eigenvalue weighted by Crippen LogP contribution is -2.28. The Hall–Kier alpha value is -2.80. The number of nitro groups is 1. The van der Waals surface area contributed by atoms with Crippen LogP contribution in [0.25, 0.3) is 0 Å². The lowest BCUT2D eigenvalue weighted by atomic mass is 10.1. The molecule has 0 aliphatic rings. The molecule has 0 unspecified atom stereocenters. The van der Waals surface area contributed by atoms with E-state index in [0.29, 0.717) is 12.4 Å². The van der Waals surface area contributed by atoms with Crippen LogP contribution >= 0.6 is 11.6 Å². The Bertz CT molecular complexity index is 749. The van der Waals surface area contributed by atoms with E-state index in [9.17, 15) is 14.9 Å². The Kier molecular flexibility index (Phi) is 6.59. The van der Waals surface area contributed by atoms with Crippen LogP contribution in [0.3, 0.4) is 0 Å².